The fourth-order valence-electron chi connectivity index (χ4n) is 3.33. The first kappa shape index (κ1) is 20.9. The molecule has 0 radical (unpaired) electrons. The van der Waals surface area contributed by atoms with E-state index in [4.69, 9.17) is 5.14 Å². The quantitative estimate of drug-likeness (QED) is 0.475. The van der Waals surface area contributed by atoms with E-state index in [0.29, 0.717) is 11.4 Å². The van der Waals surface area contributed by atoms with Crippen molar-refractivity contribution in [3.05, 3.63) is 90.6 Å². The van der Waals surface area contributed by atoms with E-state index < -0.39 is 22.9 Å². The molecule has 1 aromatic heterocycles. The van der Waals surface area contributed by atoms with E-state index in [2.05, 4.69) is 5.10 Å². The van der Waals surface area contributed by atoms with Crippen molar-refractivity contribution < 1.29 is 17.2 Å². The van der Waals surface area contributed by atoms with Crippen molar-refractivity contribution in [3.8, 4) is 28.1 Å². The minimum absolute atomic E-state index is 0.0371. The van der Waals surface area contributed by atoms with Crippen LogP contribution in [0.3, 0.4) is 0 Å². The van der Waals surface area contributed by atoms with Gasteiger partial charge in [-0.25, -0.2) is 27.0 Å². The van der Waals surface area contributed by atoms with Gasteiger partial charge < -0.3 is 0 Å². The first-order chi connectivity index (χ1) is 14.8. The highest BCUT2D eigenvalue weighted by Gasteiger charge is 2.16. The van der Waals surface area contributed by atoms with Gasteiger partial charge >= 0.3 is 0 Å². The first-order valence-corrected chi connectivity index (χ1v) is 11.0. The van der Waals surface area contributed by atoms with Crippen LogP contribution in [0, 0.1) is 0 Å². The largest absolute Gasteiger partial charge is 0.244 e. The molecule has 0 aliphatic carbocycles. The first-order valence-electron chi connectivity index (χ1n) is 9.47. The molecule has 1 heterocycles. The third-order valence-corrected chi connectivity index (χ3v) is 5.75. The molecule has 0 saturated carbocycles. The Balaban J connectivity index is 1.75. The van der Waals surface area contributed by atoms with Crippen molar-refractivity contribution in [3.63, 3.8) is 0 Å². The number of benzene rings is 3. The molecular formula is C23H19F2N3O2S. The second kappa shape index (κ2) is 8.41. The van der Waals surface area contributed by atoms with E-state index in [1.54, 1.807) is 18.2 Å². The average Bonchev–Trinajstić information content (AvgIpc) is 3.17. The Labute approximate surface area is 178 Å². The number of primary sulfonamides is 1. The van der Waals surface area contributed by atoms with E-state index in [0.717, 1.165) is 16.7 Å². The molecule has 0 atom stereocenters. The predicted octanol–water partition coefficient (Wildman–Crippen LogP) is 4.66. The van der Waals surface area contributed by atoms with E-state index in [1.807, 2.05) is 54.6 Å². The number of alkyl halides is 2. The lowest BCUT2D eigenvalue weighted by Gasteiger charge is -2.09. The Hall–Kier alpha value is -3.36. The van der Waals surface area contributed by atoms with Crippen molar-refractivity contribution in [2.45, 2.75) is 17.7 Å². The van der Waals surface area contributed by atoms with Gasteiger partial charge in [-0.2, -0.15) is 5.10 Å². The van der Waals surface area contributed by atoms with Crippen LogP contribution in [0.5, 0.6) is 0 Å². The maximum Gasteiger partial charge on any atom is 0.244 e. The summed E-state index contributed by atoms with van der Waals surface area (Å²) in [6.07, 6.45) is -3.00. The lowest BCUT2D eigenvalue weighted by Crippen LogP contribution is -2.12. The minimum Gasteiger partial charge on any atom is -0.233 e. The zero-order valence-electron chi connectivity index (χ0n) is 16.3. The molecule has 0 spiro atoms. The summed E-state index contributed by atoms with van der Waals surface area (Å²) >= 11 is 0. The van der Waals surface area contributed by atoms with Gasteiger partial charge in [-0.05, 0) is 41.5 Å². The number of sulfonamides is 1. The molecule has 0 aliphatic heterocycles. The normalized spacial score (nSPS) is 11.7. The van der Waals surface area contributed by atoms with E-state index in [-0.39, 0.29) is 10.6 Å². The molecule has 158 valence electrons. The van der Waals surface area contributed by atoms with Crippen LogP contribution in [0.25, 0.3) is 28.1 Å². The molecule has 0 fully saturated rings. The molecule has 0 amide bonds. The van der Waals surface area contributed by atoms with Crippen LogP contribution in [-0.4, -0.2) is 24.6 Å². The molecule has 0 unspecified atom stereocenters. The predicted molar refractivity (Wildman–Crippen MR) is 116 cm³/mol. The van der Waals surface area contributed by atoms with Gasteiger partial charge in [-0.1, -0.05) is 54.6 Å². The number of rotatable bonds is 6. The summed E-state index contributed by atoms with van der Waals surface area (Å²) in [6.45, 7) is 0. The van der Waals surface area contributed by atoms with Crippen molar-refractivity contribution in [1.82, 2.24) is 9.78 Å². The summed E-state index contributed by atoms with van der Waals surface area (Å²) in [7, 11) is -3.83. The van der Waals surface area contributed by atoms with Crippen molar-refractivity contribution in [2.24, 2.45) is 5.14 Å². The molecule has 5 nitrogen and oxygen atoms in total. The summed E-state index contributed by atoms with van der Waals surface area (Å²) in [5.41, 5.74) is 4.30. The molecule has 31 heavy (non-hydrogen) atoms. The maximum atomic E-state index is 13.0. The minimum atomic E-state index is -3.83. The highest BCUT2D eigenvalue weighted by atomic mass is 32.2. The molecule has 4 rings (SSSR count). The summed E-state index contributed by atoms with van der Waals surface area (Å²) in [4.78, 5) is -0.0371. The maximum absolute atomic E-state index is 13.0. The monoisotopic (exact) mass is 439 g/mol. The van der Waals surface area contributed by atoms with Crippen LogP contribution < -0.4 is 5.14 Å². The summed E-state index contributed by atoms with van der Waals surface area (Å²) in [6, 6.07) is 25.0. The number of hydrogen-bond donors (Lipinski definition) is 1. The number of halogens is 2. The molecular weight excluding hydrogens is 420 g/mol. The van der Waals surface area contributed by atoms with Gasteiger partial charge in [0, 0.05) is 5.56 Å². The standard InChI is InChI=1S/C23H19F2N3O2S/c24-23(25)15-19-14-22(18-8-6-17(7-9-18)16-4-2-1-3-5-16)28(27-19)20-10-12-21(13-11-20)31(26,29)30/h1-14,23H,15H2,(H2,26,29,30). The average molecular weight is 439 g/mol. The van der Waals surface area contributed by atoms with E-state index >= 15 is 0 Å². The van der Waals surface area contributed by atoms with E-state index in [9.17, 15) is 17.2 Å². The lowest BCUT2D eigenvalue weighted by atomic mass is 10.0. The van der Waals surface area contributed by atoms with E-state index in [1.165, 1.54) is 16.8 Å². The van der Waals surface area contributed by atoms with Gasteiger partial charge in [0.15, 0.2) is 0 Å². The van der Waals surface area contributed by atoms with Crippen LogP contribution in [0.2, 0.25) is 0 Å². The number of aromatic nitrogens is 2. The lowest BCUT2D eigenvalue weighted by molar-refractivity contribution is 0.147. The van der Waals surface area contributed by atoms with Gasteiger partial charge in [0.25, 0.3) is 0 Å². The fourth-order valence-corrected chi connectivity index (χ4v) is 3.85. The third-order valence-electron chi connectivity index (χ3n) is 4.82. The highest BCUT2D eigenvalue weighted by molar-refractivity contribution is 7.89. The molecule has 4 aromatic rings. The Morgan fingerprint density at radius 3 is 2.00 bits per heavy atom. The van der Waals surface area contributed by atoms with Crippen LogP contribution >= 0.6 is 0 Å². The second-order valence-electron chi connectivity index (χ2n) is 7.01. The molecule has 0 aliphatic rings. The van der Waals surface area contributed by atoms with Crippen molar-refractivity contribution >= 4 is 10.0 Å². The highest BCUT2D eigenvalue weighted by Crippen LogP contribution is 2.28. The fraction of sp³-hybridized carbons (Fsp3) is 0.0870. The number of hydrogen-bond acceptors (Lipinski definition) is 3. The third kappa shape index (κ3) is 4.70. The topological polar surface area (TPSA) is 78.0 Å². The molecule has 3 aromatic carbocycles. The Kier molecular flexibility index (Phi) is 5.67. The summed E-state index contributed by atoms with van der Waals surface area (Å²) < 4.78 is 50.5. The van der Waals surface area contributed by atoms with Gasteiger partial charge in [0.1, 0.15) is 0 Å². The molecule has 0 bridgehead atoms. The molecule has 2 N–H and O–H groups in total. The zero-order chi connectivity index (χ0) is 22.0. The van der Waals surface area contributed by atoms with Crippen LogP contribution in [0.4, 0.5) is 8.78 Å². The van der Waals surface area contributed by atoms with Crippen LogP contribution in [0.1, 0.15) is 5.69 Å². The second-order valence-corrected chi connectivity index (χ2v) is 8.57. The Morgan fingerprint density at radius 2 is 1.42 bits per heavy atom. The van der Waals surface area contributed by atoms with Gasteiger partial charge in [-0.15, -0.1) is 0 Å². The number of nitrogens with two attached hydrogens (primary N) is 1. The van der Waals surface area contributed by atoms with Gasteiger partial charge in [0.2, 0.25) is 16.4 Å². The van der Waals surface area contributed by atoms with Gasteiger partial charge in [-0.3, -0.25) is 0 Å². The van der Waals surface area contributed by atoms with Crippen molar-refractivity contribution in [1.29, 1.82) is 0 Å². The Bertz CT molecular complexity index is 1290. The van der Waals surface area contributed by atoms with Gasteiger partial charge in [0.05, 0.1) is 28.4 Å². The van der Waals surface area contributed by atoms with Crippen LogP contribution in [-0.2, 0) is 16.4 Å². The SMILES string of the molecule is NS(=O)(=O)c1ccc(-n2nc(CC(F)F)cc2-c2ccc(-c3ccccc3)cc2)cc1. The zero-order valence-corrected chi connectivity index (χ0v) is 17.1. The summed E-state index contributed by atoms with van der Waals surface area (Å²) in [5, 5.41) is 9.48. The van der Waals surface area contributed by atoms with Crippen LogP contribution in [0.15, 0.2) is 89.8 Å². The van der Waals surface area contributed by atoms with Crippen molar-refractivity contribution in [2.75, 3.05) is 0 Å². The number of nitrogens with zero attached hydrogens (tertiary/aromatic N) is 2. The molecule has 8 heteroatoms. The molecule has 0 saturated heterocycles. The summed E-state index contributed by atoms with van der Waals surface area (Å²) in [5.74, 6) is 0. The Morgan fingerprint density at radius 1 is 0.839 bits per heavy atom. The smallest absolute Gasteiger partial charge is 0.233 e.